The van der Waals surface area contributed by atoms with Crippen molar-refractivity contribution in [1.29, 1.82) is 0 Å². The van der Waals surface area contributed by atoms with Gasteiger partial charge in [-0.05, 0) is 19.3 Å². The Morgan fingerprint density at radius 2 is 1.21 bits per heavy atom. The van der Waals surface area contributed by atoms with Crippen molar-refractivity contribution in [2.24, 2.45) is 0 Å². The smallest absolute Gasteiger partial charge is 0.303 e. The number of hydrogen-bond acceptors (Lipinski definition) is 3. The van der Waals surface area contributed by atoms with Crippen molar-refractivity contribution >= 4 is 16.1 Å². The van der Waals surface area contributed by atoms with Crippen molar-refractivity contribution in [1.82, 2.24) is 0 Å². The van der Waals surface area contributed by atoms with Gasteiger partial charge in [0.25, 0.3) is 10.1 Å². The van der Waals surface area contributed by atoms with Crippen molar-refractivity contribution in [3.05, 3.63) is 0 Å². The summed E-state index contributed by atoms with van der Waals surface area (Å²) in [5.41, 5.74) is 0. The van der Waals surface area contributed by atoms with Crippen LogP contribution in [0, 0.1) is 0 Å². The molecule has 0 saturated heterocycles. The summed E-state index contributed by atoms with van der Waals surface area (Å²) >= 11 is 0. The Balaban J connectivity index is 3.77. The van der Waals surface area contributed by atoms with E-state index in [2.05, 4.69) is 6.92 Å². The molecule has 6 heteroatoms. The predicted octanol–water partition coefficient (Wildman–Crippen LogP) is 5.20. The van der Waals surface area contributed by atoms with Gasteiger partial charge in [-0.3, -0.25) is 9.35 Å². The number of aliphatic carboxylic acids is 1. The molecule has 144 valence electrons. The summed E-state index contributed by atoms with van der Waals surface area (Å²) in [6.07, 6.45) is 13.4. The summed E-state index contributed by atoms with van der Waals surface area (Å²) in [7, 11) is -3.95. The standard InChI is InChI=1S/C18H36O5S/c1-2-3-4-5-6-8-11-14-17(24(21,22)23)15-12-9-7-10-13-16-18(19)20/h17H,2-16H2,1H3,(H,19,20)(H,21,22,23). The van der Waals surface area contributed by atoms with Gasteiger partial charge in [-0.15, -0.1) is 0 Å². The van der Waals surface area contributed by atoms with Crippen LogP contribution in [-0.4, -0.2) is 29.3 Å². The number of carboxylic acid groups (broad SMARTS) is 1. The lowest BCUT2D eigenvalue weighted by Gasteiger charge is -2.13. The van der Waals surface area contributed by atoms with Gasteiger partial charge in [0.2, 0.25) is 0 Å². The van der Waals surface area contributed by atoms with Crippen LogP contribution in [0.2, 0.25) is 0 Å². The minimum atomic E-state index is -3.95. The molecule has 24 heavy (non-hydrogen) atoms. The van der Waals surface area contributed by atoms with E-state index in [1.165, 1.54) is 25.7 Å². The van der Waals surface area contributed by atoms with Crippen LogP contribution in [0.15, 0.2) is 0 Å². The molecule has 0 aliphatic carbocycles. The lowest BCUT2D eigenvalue weighted by atomic mass is 10.0. The molecule has 5 nitrogen and oxygen atoms in total. The maximum absolute atomic E-state index is 11.5. The fourth-order valence-electron chi connectivity index (χ4n) is 2.95. The zero-order valence-electron chi connectivity index (χ0n) is 15.2. The first-order valence-electron chi connectivity index (χ1n) is 9.56. The fraction of sp³-hybridized carbons (Fsp3) is 0.944. The normalized spacial score (nSPS) is 13.1. The van der Waals surface area contributed by atoms with Crippen molar-refractivity contribution in [3.63, 3.8) is 0 Å². The van der Waals surface area contributed by atoms with Crippen LogP contribution in [0.5, 0.6) is 0 Å². The maximum Gasteiger partial charge on any atom is 0.303 e. The van der Waals surface area contributed by atoms with Gasteiger partial charge in [-0.25, -0.2) is 0 Å². The van der Waals surface area contributed by atoms with Gasteiger partial charge in [-0.2, -0.15) is 8.42 Å². The summed E-state index contributed by atoms with van der Waals surface area (Å²) in [5, 5.41) is 7.91. The Bertz CT molecular complexity index is 406. The monoisotopic (exact) mass is 364 g/mol. The van der Waals surface area contributed by atoms with Crippen molar-refractivity contribution in [2.45, 2.75) is 108 Å². The molecule has 0 aromatic carbocycles. The first kappa shape index (κ1) is 23.4. The Morgan fingerprint density at radius 1 is 0.792 bits per heavy atom. The summed E-state index contributed by atoms with van der Waals surface area (Å²) in [4.78, 5) is 10.4. The molecular weight excluding hydrogens is 328 g/mol. The van der Waals surface area contributed by atoms with Crippen molar-refractivity contribution < 1.29 is 22.9 Å². The van der Waals surface area contributed by atoms with E-state index in [0.29, 0.717) is 19.3 Å². The number of hydrogen-bond donors (Lipinski definition) is 2. The predicted molar refractivity (Wildman–Crippen MR) is 97.9 cm³/mol. The Hall–Kier alpha value is -0.620. The highest BCUT2D eigenvalue weighted by Gasteiger charge is 2.21. The molecule has 0 heterocycles. The van der Waals surface area contributed by atoms with Gasteiger partial charge in [0.1, 0.15) is 0 Å². The van der Waals surface area contributed by atoms with E-state index in [1.54, 1.807) is 0 Å². The zero-order chi connectivity index (χ0) is 18.3. The number of carbonyl (C=O) groups is 1. The largest absolute Gasteiger partial charge is 0.481 e. The molecule has 0 radical (unpaired) electrons. The Kier molecular flexibility index (Phi) is 14.3. The molecule has 0 aliphatic heterocycles. The first-order valence-corrected chi connectivity index (χ1v) is 11.1. The highest BCUT2D eigenvalue weighted by Crippen LogP contribution is 2.19. The number of rotatable bonds is 17. The molecule has 1 atom stereocenters. The highest BCUT2D eigenvalue weighted by molar-refractivity contribution is 7.86. The lowest BCUT2D eigenvalue weighted by Crippen LogP contribution is -2.20. The lowest BCUT2D eigenvalue weighted by molar-refractivity contribution is -0.137. The molecule has 0 aromatic heterocycles. The second-order valence-corrected chi connectivity index (χ2v) is 8.44. The minimum absolute atomic E-state index is 0.200. The third kappa shape index (κ3) is 14.9. The third-order valence-corrected chi connectivity index (χ3v) is 5.78. The summed E-state index contributed by atoms with van der Waals surface area (Å²) < 4.78 is 32.3. The molecule has 0 fully saturated rings. The summed E-state index contributed by atoms with van der Waals surface area (Å²) in [6, 6.07) is 0. The fourth-order valence-corrected chi connectivity index (χ4v) is 3.88. The molecular formula is C18H36O5S. The van der Waals surface area contributed by atoms with Crippen LogP contribution in [0.4, 0.5) is 0 Å². The second kappa shape index (κ2) is 14.7. The first-order chi connectivity index (χ1) is 11.4. The topological polar surface area (TPSA) is 91.7 Å². The van der Waals surface area contributed by atoms with Crippen LogP contribution in [-0.2, 0) is 14.9 Å². The van der Waals surface area contributed by atoms with Gasteiger partial charge in [0.15, 0.2) is 0 Å². The average Bonchev–Trinajstić information content (AvgIpc) is 2.49. The van der Waals surface area contributed by atoms with E-state index >= 15 is 0 Å². The van der Waals surface area contributed by atoms with Gasteiger partial charge >= 0.3 is 5.97 Å². The van der Waals surface area contributed by atoms with Crippen LogP contribution in [0.25, 0.3) is 0 Å². The summed E-state index contributed by atoms with van der Waals surface area (Å²) in [5.74, 6) is -0.767. The molecule has 0 rings (SSSR count). The third-order valence-electron chi connectivity index (χ3n) is 4.47. The van der Waals surface area contributed by atoms with Gasteiger partial charge in [0, 0.05) is 6.42 Å². The molecule has 2 N–H and O–H groups in total. The molecule has 1 unspecified atom stereocenters. The van der Waals surface area contributed by atoms with E-state index < -0.39 is 21.3 Å². The van der Waals surface area contributed by atoms with E-state index in [9.17, 15) is 17.8 Å². The molecule has 0 saturated carbocycles. The second-order valence-electron chi connectivity index (χ2n) is 6.75. The van der Waals surface area contributed by atoms with Crippen molar-refractivity contribution in [3.8, 4) is 0 Å². The van der Waals surface area contributed by atoms with Crippen molar-refractivity contribution in [2.75, 3.05) is 0 Å². The molecule has 0 spiro atoms. The molecule has 0 bridgehead atoms. The number of unbranched alkanes of at least 4 members (excludes halogenated alkanes) is 10. The van der Waals surface area contributed by atoms with Crippen LogP contribution >= 0.6 is 0 Å². The average molecular weight is 365 g/mol. The van der Waals surface area contributed by atoms with Gasteiger partial charge in [0.05, 0.1) is 5.25 Å². The van der Waals surface area contributed by atoms with Crippen LogP contribution in [0.1, 0.15) is 103 Å². The van der Waals surface area contributed by atoms with Gasteiger partial charge in [-0.1, -0.05) is 77.6 Å². The minimum Gasteiger partial charge on any atom is -0.481 e. The Labute approximate surface area is 148 Å². The molecule has 0 aromatic rings. The SMILES string of the molecule is CCCCCCCCCC(CCCCCCCC(=O)O)S(=O)(=O)O. The van der Waals surface area contributed by atoms with E-state index in [-0.39, 0.29) is 6.42 Å². The zero-order valence-corrected chi connectivity index (χ0v) is 16.0. The van der Waals surface area contributed by atoms with Crippen LogP contribution < -0.4 is 0 Å². The van der Waals surface area contributed by atoms with E-state index in [1.807, 2.05) is 0 Å². The molecule has 0 amide bonds. The van der Waals surface area contributed by atoms with Crippen LogP contribution in [0.3, 0.4) is 0 Å². The maximum atomic E-state index is 11.5. The summed E-state index contributed by atoms with van der Waals surface area (Å²) in [6.45, 7) is 2.18. The van der Waals surface area contributed by atoms with E-state index in [0.717, 1.165) is 44.9 Å². The van der Waals surface area contributed by atoms with E-state index in [4.69, 9.17) is 5.11 Å². The molecule has 0 aliphatic rings. The highest BCUT2D eigenvalue weighted by atomic mass is 32.2. The van der Waals surface area contributed by atoms with Gasteiger partial charge < -0.3 is 5.11 Å². The Morgan fingerprint density at radius 3 is 1.62 bits per heavy atom. The quantitative estimate of drug-likeness (QED) is 0.273. The number of carboxylic acids is 1.